The van der Waals surface area contributed by atoms with Gasteiger partial charge in [0.15, 0.2) is 0 Å². The summed E-state index contributed by atoms with van der Waals surface area (Å²) < 4.78 is 0. The third-order valence-electron chi connectivity index (χ3n) is 1.78. The average Bonchev–Trinajstić information content (AvgIpc) is 2.16. The molecule has 6 atom stereocenters. The fourth-order valence-electron chi connectivity index (χ4n) is 1.02. The van der Waals surface area contributed by atoms with E-state index >= 15 is 0 Å². The van der Waals surface area contributed by atoms with Crippen LogP contribution in [0.5, 0.6) is 0 Å². The van der Waals surface area contributed by atoms with E-state index in [1.807, 2.05) is 13.0 Å². The van der Waals surface area contributed by atoms with E-state index in [0.29, 0.717) is 0 Å². The first-order valence-corrected chi connectivity index (χ1v) is 18.8. The molecule has 6 unspecified atom stereocenters. The Morgan fingerprint density at radius 3 is 2.12 bits per heavy atom. The molecule has 0 spiro atoms. The number of rotatable bonds is 5. The van der Waals surface area contributed by atoms with Gasteiger partial charge in [-0.2, -0.15) is 0 Å². The standard InChI is InChI=1S/C9H22P8/c1-3-5-6-8-17(14,15(10)11)9-16(12,13)7-4-2/h3-9H,2,10-14H2,1H3. The van der Waals surface area contributed by atoms with Crippen molar-refractivity contribution in [2.75, 3.05) is 0 Å². The van der Waals surface area contributed by atoms with Crippen molar-refractivity contribution in [3.8, 4) is 0 Å². The Bertz CT molecular complexity index is 409. The average molecular weight is 378 g/mol. The first-order valence-electron chi connectivity index (χ1n) is 4.84. The van der Waals surface area contributed by atoms with Gasteiger partial charge in [0.05, 0.1) is 0 Å². The molecule has 0 bridgehead atoms. The van der Waals surface area contributed by atoms with Crippen LogP contribution in [0.2, 0.25) is 0 Å². The molecule has 0 N–H and O–H groups in total. The number of hydrogen-bond donors (Lipinski definition) is 0. The van der Waals surface area contributed by atoms with Gasteiger partial charge < -0.3 is 0 Å². The summed E-state index contributed by atoms with van der Waals surface area (Å²) >= 11 is 0. The highest BCUT2D eigenvalue weighted by Crippen LogP contribution is 2.92. The van der Waals surface area contributed by atoms with Crippen LogP contribution in [0.25, 0.3) is 0 Å². The van der Waals surface area contributed by atoms with Crippen LogP contribution in [-0.2, 0) is 0 Å². The molecule has 0 fully saturated rings. The molecule has 0 rings (SSSR count). The quantitative estimate of drug-likeness (QED) is 0.394. The summed E-state index contributed by atoms with van der Waals surface area (Å²) in [5.41, 5.74) is 2.51. The van der Waals surface area contributed by atoms with Crippen molar-refractivity contribution < 1.29 is 0 Å². The molecule has 0 aliphatic heterocycles. The van der Waals surface area contributed by atoms with E-state index in [4.69, 9.17) is 0 Å². The highest BCUT2D eigenvalue weighted by Gasteiger charge is 2.15. The van der Waals surface area contributed by atoms with Crippen LogP contribution < -0.4 is 0 Å². The summed E-state index contributed by atoms with van der Waals surface area (Å²) in [4.78, 5) is 0. The van der Waals surface area contributed by atoms with Crippen molar-refractivity contribution >= 4 is 75.5 Å². The predicted molar refractivity (Wildman–Crippen MR) is 116 cm³/mol. The summed E-state index contributed by atoms with van der Waals surface area (Å²) in [6.45, 7) is 5.67. The lowest BCUT2D eigenvalue weighted by atomic mass is 10.5. The smallest absolute Gasteiger partial charge is 0.0367 e. The zero-order valence-corrected chi connectivity index (χ0v) is 18.4. The minimum absolute atomic E-state index is 0.160. The van der Waals surface area contributed by atoms with E-state index in [9.17, 15) is 0 Å². The molecule has 98 valence electrons. The molecule has 0 radical (unpaired) electrons. The highest BCUT2D eigenvalue weighted by atomic mass is 32.8. The van der Waals surface area contributed by atoms with Crippen molar-refractivity contribution in [2.45, 2.75) is 6.92 Å². The van der Waals surface area contributed by atoms with Gasteiger partial charge in [0.2, 0.25) is 0 Å². The van der Waals surface area contributed by atoms with Crippen LogP contribution in [-0.4, -0.2) is 11.3 Å². The van der Waals surface area contributed by atoms with Gasteiger partial charge in [-0.05, 0) is 25.7 Å². The Labute approximate surface area is 119 Å². The maximum Gasteiger partial charge on any atom is -0.0367 e. The van der Waals surface area contributed by atoms with Crippen molar-refractivity contribution in [1.82, 2.24) is 0 Å². The largest absolute Gasteiger partial charge is 0.104 e. The van der Waals surface area contributed by atoms with Gasteiger partial charge in [0, 0.05) is 0 Å². The zero-order chi connectivity index (χ0) is 13.5. The molecular weight excluding hydrogens is 356 g/mol. The van der Waals surface area contributed by atoms with Crippen molar-refractivity contribution in [3.05, 3.63) is 36.7 Å². The molecule has 8 heteroatoms. The lowest BCUT2D eigenvalue weighted by molar-refractivity contribution is 1.74. The van der Waals surface area contributed by atoms with Crippen LogP contribution in [0.4, 0.5) is 0 Å². The Morgan fingerprint density at radius 1 is 1.12 bits per heavy atom. The summed E-state index contributed by atoms with van der Waals surface area (Å²) in [5, 5.41) is 0. The SMILES string of the molecule is C=CC=P(P)(P)C=P(P)(C=CC=CC)P(P)P. The molecule has 0 saturated heterocycles. The van der Waals surface area contributed by atoms with Crippen molar-refractivity contribution in [3.63, 3.8) is 0 Å². The summed E-state index contributed by atoms with van der Waals surface area (Å²) in [6.07, 6.45) is 5.69. The predicted octanol–water partition coefficient (Wildman–Crippen LogP) is 6.21. The van der Waals surface area contributed by atoms with E-state index in [1.165, 1.54) is 0 Å². The molecule has 0 heterocycles. The second kappa shape index (κ2) is 9.36. The third kappa shape index (κ3) is 8.31. The van der Waals surface area contributed by atoms with E-state index in [2.05, 4.69) is 86.6 Å². The normalized spacial score (nSPS) is 16.4. The topological polar surface area (TPSA) is 0 Å². The molecule has 0 aromatic carbocycles. The molecule has 0 nitrogen and oxygen atoms in total. The lowest BCUT2D eigenvalue weighted by Crippen LogP contribution is -1.70. The molecular formula is C9H22P8. The van der Waals surface area contributed by atoms with E-state index < -0.39 is 12.5 Å². The summed E-state index contributed by atoms with van der Waals surface area (Å²) in [7, 11) is 14.9. The lowest BCUT2D eigenvalue weighted by Gasteiger charge is -2.25. The van der Waals surface area contributed by atoms with Gasteiger partial charge in [0.1, 0.15) is 0 Å². The second-order valence-electron chi connectivity index (χ2n) is 3.44. The van der Waals surface area contributed by atoms with Crippen LogP contribution in [0, 0.1) is 0 Å². The third-order valence-corrected chi connectivity index (χ3v) is 30.3. The minimum Gasteiger partial charge on any atom is -0.104 e. The monoisotopic (exact) mass is 378 g/mol. The summed E-state index contributed by atoms with van der Waals surface area (Å²) in [6, 6.07) is 0. The Morgan fingerprint density at radius 2 is 1.71 bits per heavy atom. The Balaban J connectivity index is 5.58. The first kappa shape index (κ1) is 19.4. The Hall–Kier alpha value is 2.40. The number of hydrogen-bond acceptors (Lipinski definition) is 0. The van der Waals surface area contributed by atoms with Gasteiger partial charge in [0.25, 0.3) is 0 Å². The van der Waals surface area contributed by atoms with E-state index in [1.54, 1.807) is 0 Å². The van der Waals surface area contributed by atoms with Crippen molar-refractivity contribution in [1.29, 1.82) is 0 Å². The van der Waals surface area contributed by atoms with Crippen molar-refractivity contribution in [2.24, 2.45) is 0 Å². The Kier molecular flexibility index (Phi) is 10.7. The maximum atomic E-state index is 3.79. The molecule has 17 heavy (non-hydrogen) atoms. The summed E-state index contributed by atoms with van der Waals surface area (Å²) in [5.74, 6) is 4.54. The molecule has 0 amide bonds. The maximum absolute atomic E-state index is 3.79. The molecule has 0 aromatic heterocycles. The minimum atomic E-state index is -1.26. The highest BCUT2D eigenvalue weighted by molar-refractivity contribution is 8.88. The molecule has 0 aliphatic rings. The van der Waals surface area contributed by atoms with Crippen LogP contribution in [0.15, 0.2) is 36.7 Å². The van der Waals surface area contributed by atoms with Gasteiger partial charge in [-0.1, -0.05) is 48.8 Å². The van der Waals surface area contributed by atoms with Crippen LogP contribution >= 0.6 is 64.2 Å². The molecule has 0 saturated carbocycles. The van der Waals surface area contributed by atoms with Gasteiger partial charge in [-0.3, -0.25) is 0 Å². The van der Waals surface area contributed by atoms with Gasteiger partial charge >= 0.3 is 0 Å². The molecule has 0 aliphatic carbocycles. The van der Waals surface area contributed by atoms with Gasteiger partial charge in [-0.15, -0.1) is 44.6 Å². The number of allylic oxidation sites excluding steroid dienone is 4. The fourth-order valence-corrected chi connectivity index (χ4v) is 25.4. The van der Waals surface area contributed by atoms with E-state index in [-0.39, 0.29) is 6.99 Å². The molecule has 0 aromatic rings. The van der Waals surface area contributed by atoms with Crippen LogP contribution in [0.3, 0.4) is 0 Å². The van der Waals surface area contributed by atoms with Gasteiger partial charge in [-0.25, -0.2) is 0 Å². The van der Waals surface area contributed by atoms with Crippen LogP contribution in [0.1, 0.15) is 6.92 Å². The fraction of sp³-hybridized carbons (Fsp3) is 0.111. The zero-order valence-electron chi connectivity index (χ0n) is 9.98. The second-order valence-corrected chi connectivity index (χ2v) is 31.3. The van der Waals surface area contributed by atoms with E-state index in [0.717, 1.165) is 0 Å². The first-order chi connectivity index (χ1) is 7.77.